The summed E-state index contributed by atoms with van der Waals surface area (Å²) in [6.07, 6.45) is 65.0. The molecule has 0 fully saturated rings. The topological polar surface area (TPSA) is 78.9 Å². The molecule has 6 nitrogen and oxygen atoms in total. The van der Waals surface area contributed by atoms with E-state index in [1.165, 1.54) is 154 Å². The number of unbranched alkanes of at least 4 members (excludes halogenated alkanes) is 31. The van der Waals surface area contributed by atoms with E-state index < -0.39 is 6.10 Å². The maximum Gasteiger partial charge on any atom is 0.306 e. The molecule has 0 saturated carbocycles. The molecule has 0 bridgehead atoms. The SMILES string of the molecule is CC\C=C/C=C\C=C/C=C\CCCCCC(=O)OCC(COC(=O)CCCCCCC/C=C\CCCCCCCCCCC)OC(=O)CCCCCCCCCCCCCCCCC. The van der Waals surface area contributed by atoms with Gasteiger partial charge in [0.1, 0.15) is 13.2 Å². The highest BCUT2D eigenvalue weighted by atomic mass is 16.6. The Morgan fingerprint density at radius 3 is 1.02 bits per heavy atom. The minimum atomic E-state index is -0.791. The summed E-state index contributed by atoms with van der Waals surface area (Å²) in [5.74, 6) is -0.928. The van der Waals surface area contributed by atoms with Crippen molar-refractivity contribution in [2.75, 3.05) is 13.2 Å². The van der Waals surface area contributed by atoms with Crippen molar-refractivity contribution in [1.82, 2.24) is 0 Å². The predicted octanol–water partition coefficient (Wildman–Crippen LogP) is 18.0. The zero-order valence-electron chi connectivity index (χ0n) is 42.3. The highest BCUT2D eigenvalue weighted by Gasteiger charge is 2.19. The quantitative estimate of drug-likeness (QED) is 0.0199. The van der Waals surface area contributed by atoms with Crippen LogP contribution in [0.25, 0.3) is 0 Å². The van der Waals surface area contributed by atoms with Gasteiger partial charge >= 0.3 is 17.9 Å². The summed E-state index contributed by atoms with van der Waals surface area (Å²) in [6, 6.07) is 0. The molecule has 0 spiro atoms. The van der Waals surface area contributed by atoms with Crippen LogP contribution >= 0.6 is 0 Å². The van der Waals surface area contributed by atoms with Crippen LogP contribution in [-0.2, 0) is 28.6 Å². The van der Waals surface area contributed by atoms with Gasteiger partial charge in [0.25, 0.3) is 0 Å². The molecule has 0 aromatic rings. The predicted molar refractivity (Wildman–Crippen MR) is 275 cm³/mol. The third kappa shape index (κ3) is 50.1. The van der Waals surface area contributed by atoms with E-state index in [0.717, 1.165) is 77.0 Å². The molecule has 64 heavy (non-hydrogen) atoms. The number of hydrogen-bond donors (Lipinski definition) is 0. The number of carbonyl (C=O) groups excluding carboxylic acids is 3. The lowest BCUT2D eigenvalue weighted by Crippen LogP contribution is -2.30. The second-order valence-electron chi connectivity index (χ2n) is 18.2. The van der Waals surface area contributed by atoms with Gasteiger partial charge < -0.3 is 14.2 Å². The van der Waals surface area contributed by atoms with Crippen molar-refractivity contribution in [3.05, 3.63) is 60.8 Å². The molecule has 0 heterocycles. The Labute approximate surface area is 396 Å². The van der Waals surface area contributed by atoms with Crippen LogP contribution in [0, 0.1) is 0 Å². The Morgan fingerprint density at radius 2 is 0.625 bits per heavy atom. The monoisotopic (exact) mass is 895 g/mol. The van der Waals surface area contributed by atoms with Gasteiger partial charge in [0, 0.05) is 19.3 Å². The molecule has 1 atom stereocenters. The lowest BCUT2D eigenvalue weighted by molar-refractivity contribution is -0.167. The van der Waals surface area contributed by atoms with Crippen molar-refractivity contribution >= 4 is 17.9 Å². The average molecular weight is 895 g/mol. The van der Waals surface area contributed by atoms with Gasteiger partial charge in [-0.25, -0.2) is 0 Å². The molecule has 0 amide bonds. The van der Waals surface area contributed by atoms with Crippen LogP contribution in [0.4, 0.5) is 0 Å². The summed E-state index contributed by atoms with van der Waals surface area (Å²) in [4.78, 5) is 38.0. The summed E-state index contributed by atoms with van der Waals surface area (Å²) in [5, 5.41) is 0. The molecule has 370 valence electrons. The highest BCUT2D eigenvalue weighted by molar-refractivity contribution is 5.71. The fraction of sp³-hybridized carbons (Fsp3) is 0.776. The fourth-order valence-corrected chi connectivity index (χ4v) is 7.74. The van der Waals surface area contributed by atoms with Crippen LogP contribution in [0.1, 0.15) is 271 Å². The standard InChI is InChI=1S/C58H102O6/c1-4-7-10-13-16-19-22-25-27-28-29-31-33-36-39-42-45-48-51-57(60)63-54-55(53-62-56(59)50-47-44-41-38-35-32-24-21-18-15-12-9-6-3)64-58(61)52-49-46-43-40-37-34-30-26-23-20-17-14-11-8-5-2/h9,12,15,18,21,24,29,31-32,35,55H,4-8,10-11,13-14,16-17,19-20,22-23,25-28,30,33-34,36-54H2,1-3H3/b12-9-,18-15-,24-21-,31-29-,35-32-. The lowest BCUT2D eigenvalue weighted by atomic mass is 10.0. The molecule has 6 heteroatoms. The van der Waals surface area contributed by atoms with E-state index in [-0.39, 0.29) is 31.1 Å². The van der Waals surface area contributed by atoms with Gasteiger partial charge in [0.2, 0.25) is 0 Å². The number of allylic oxidation sites excluding steroid dienone is 10. The van der Waals surface area contributed by atoms with Gasteiger partial charge in [-0.05, 0) is 64.2 Å². The zero-order chi connectivity index (χ0) is 46.5. The largest absolute Gasteiger partial charge is 0.462 e. The summed E-state index contributed by atoms with van der Waals surface area (Å²) < 4.78 is 16.8. The first-order chi connectivity index (χ1) is 31.5. The maximum atomic E-state index is 12.8. The van der Waals surface area contributed by atoms with Gasteiger partial charge in [-0.2, -0.15) is 0 Å². The lowest BCUT2D eigenvalue weighted by Gasteiger charge is -2.18. The molecule has 0 radical (unpaired) electrons. The molecule has 0 aromatic carbocycles. The second kappa shape index (κ2) is 52.7. The number of esters is 3. The second-order valence-corrected chi connectivity index (χ2v) is 18.2. The van der Waals surface area contributed by atoms with Crippen molar-refractivity contribution in [3.63, 3.8) is 0 Å². The molecule has 0 saturated heterocycles. The minimum absolute atomic E-state index is 0.0892. The van der Waals surface area contributed by atoms with Gasteiger partial charge in [0.15, 0.2) is 6.10 Å². The van der Waals surface area contributed by atoms with Gasteiger partial charge in [-0.3, -0.25) is 14.4 Å². The maximum absolute atomic E-state index is 12.8. The number of hydrogen-bond acceptors (Lipinski definition) is 6. The van der Waals surface area contributed by atoms with Crippen molar-refractivity contribution in [1.29, 1.82) is 0 Å². The van der Waals surface area contributed by atoms with Gasteiger partial charge in [-0.1, -0.05) is 248 Å². The van der Waals surface area contributed by atoms with Crippen molar-refractivity contribution < 1.29 is 28.6 Å². The van der Waals surface area contributed by atoms with Crippen LogP contribution in [0.3, 0.4) is 0 Å². The highest BCUT2D eigenvalue weighted by Crippen LogP contribution is 2.16. The van der Waals surface area contributed by atoms with Crippen LogP contribution in [-0.4, -0.2) is 37.2 Å². The van der Waals surface area contributed by atoms with Crippen LogP contribution in [0.15, 0.2) is 60.8 Å². The van der Waals surface area contributed by atoms with Crippen molar-refractivity contribution in [3.8, 4) is 0 Å². The summed E-state index contributed by atoms with van der Waals surface area (Å²) in [5.41, 5.74) is 0. The molecule has 1 unspecified atom stereocenters. The first-order valence-electron chi connectivity index (χ1n) is 27.3. The van der Waals surface area contributed by atoms with Crippen LogP contribution in [0.2, 0.25) is 0 Å². The Morgan fingerprint density at radius 1 is 0.328 bits per heavy atom. The van der Waals surface area contributed by atoms with Crippen LogP contribution < -0.4 is 0 Å². The van der Waals surface area contributed by atoms with E-state index in [1.807, 2.05) is 30.4 Å². The van der Waals surface area contributed by atoms with E-state index >= 15 is 0 Å². The van der Waals surface area contributed by atoms with E-state index in [9.17, 15) is 14.4 Å². The molecule has 0 rings (SSSR count). The molecule has 0 aliphatic rings. The Hall–Kier alpha value is -2.89. The zero-order valence-corrected chi connectivity index (χ0v) is 42.3. The Kier molecular flexibility index (Phi) is 50.4. The molecular formula is C58H102O6. The Bertz CT molecular complexity index is 1170. The van der Waals surface area contributed by atoms with E-state index in [0.29, 0.717) is 19.3 Å². The van der Waals surface area contributed by atoms with E-state index in [2.05, 4.69) is 51.2 Å². The summed E-state index contributed by atoms with van der Waals surface area (Å²) in [6.45, 7) is 6.48. The normalized spacial score (nSPS) is 12.5. The minimum Gasteiger partial charge on any atom is -0.462 e. The average Bonchev–Trinajstić information content (AvgIpc) is 3.29. The first kappa shape index (κ1) is 61.1. The number of ether oxygens (including phenoxy) is 3. The van der Waals surface area contributed by atoms with Crippen molar-refractivity contribution in [2.24, 2.45) is 0 Å². The summed E-state index contributed by atoms with van der Waals surface area (Å²) >= 11 is 0. The molecule has 0 N–H and O–H groups in total. The molecule has 0 aliphatic heterocycles. The molecule has 0 aliphatic carbocycles. The fourth-order valence-electron chi connectivity index (χ4n) is 7.74. The molecular weight excluding hydrogens is 793 g/mol. The first-order valence-corrected chi connectivity index (χ1v) is 27.3. The molecule has 0 aromatic heterocycles. The number of rotatable bonds is 49. The Balaban J connectivity index is 4.40. The van der Waals surface area contributed by atoms with Gasteiger partial charge in [0.05, 0.1) is 0 Å². The van der Waals surface area contributed by atoms with Crippen molar-refractivity contribution in [2.45, 2.75) is 277 Å². The van der Waals surface area contributed by atoms with E-state index in [4.69, 9.17) is 14.2 Å². The third-order valence-corrected chi connectivity index (χ3v) is 11.9. The third-order valence-electron chi connectivity index (χ3n) is 11.9. The number of carbonyl (C=O) groups is 3. The van der Waals surface area contributed by atoms with Gasteiger partial charge in [-0.15, -0.1) is 0 Å². The smallest absolute Gasteiger partial charge is 0.306 e. The van der Waals surface area contributed by atoms with Crippen LogP contribution in [0.5, 0.6) is 0 Å². The summed E-state index contributed by atoms with van der Waals surface area (Å²) in [7, 11) is 0. The van der Waals surface area contributed by atoms with E-state index in [1.54, 1.807) is 0 Å².